The molecule has 0 unspecified atom stereocenters. The molecule has 0 bridgehead atoms. The van der Waals surface area contributed by atoms with E-state index in [1.165, 1.54) is 7.11 Å². The lowest BCUT2D eigenvalue weighted by molar-refractivity contribution is -0.310. The van der Waals surface area contributed by atoms with E-state index in [4.69, 9.17) is 18.9 Å². The molecule has 27 heavy (non-hydrogen) atoms. The maximum atomic E-state index is 10.4. The molecule has 2 aromatic rings. The summed E-state index contributed by atoms with van der Waals surface area (Å²) in [6.45, 7) is 0.357. The van der Waals surface area contributed by atoms with Crippen molar-refractivity contribution < 1.29 is 29.2 Å². The van der Waals surface area contributed by atoms with E-state index in [1.54, 1.807) is 0 Å². The summed E-state index contributed by atoms with van der Waals surface area (Å²) in [5, 5.41) is 20.0. The molecule has 0 aromatic heterocycles. The predicted molar refractivity (Wildman–Crippen MR) is 98.8 cm³/mol. The molecular weight excluding hydrogens is 348 g/mol. The van der Waals surface area contributed by atoms with Gasteiger partial charge >= 0.3 is 0 Å². The Balaban J connectivity index is 1.69. The van der Waals surface area contributed by atoms with Gasteiger partial charge in [-0.25, -0.2) is 0 Å². The zero-order chi connectivity index (χ0) is 19.1. The van der Waals surface area contributed by atoms with Crippen LogP contribution in [-0.2, 0) is 32.2 Å². The molecule has 2 aromatic carbocycles. The molecule has 5 atom stereocenters. The average molecular weight is 374 g/mol. The highest BCUT2D eigenvalue weighted by atomic mass is 16.7. The van der Waals surface area contributed by atoms with Crippen LogP contribution in [0.2, 0.25) is 0 Å². The third-order valence-corrected chi connectivity index (χ3v) is 4.63. The van der Waals surface area contributed by atoms with Crippen molar-refractivity contribution in [1.29, 1.82) is 0 Å². The topological polar surface area (TPSA) is 77.4 Å². The molecule has 1 fully saturated rings. The van der Waals surface area contributed by atoms with Gasteiger partial charge in [-0.1, -0.05) is 60.7 Å². The van der Waals surface area contributed by atoms with Gasteiger partial charge in [0.25, 0.3) is 0 Å². The van der Waals surface area contributed by atoms with Gasteiger partial charge in [-0.3, -0.25) is 0 Å². The second-order valence-corrected chi connectivity index (χ2v) is 6.47. The number of ether oxygens (including phenoxy) is 4. The molecule has 0 aliphatic carbocycles. The minimum absolute atomic E-state index is 0.290. The fraction of sp³-hybridized carbons (Fsp3) is 0.429. The van der Waals surface area contributed by atoms with E-state index in [-0.39, 0.29) is 6.61 Å². The third-order valence-electron chi connectivity index (χ3n) is 4.63. The molecule has 3 rings (SSSR count). The van der Waals surface area contributed by atoms with E-state index in [2.05, 4.69) is 0 Å². The van der Waals surface area contributed by atoms with E-state index in [0.29, 0.717) is 13.2 Å². The summed E-state index contributed by atoms with van der Waals surface area (Å²) in [5.74, 6) is 0. The van der Waals surface area contributed by atoms with Gasteiger partial charge in [0.05, 0.1) is 19.8 Å². The molecule has 2 N–H and O–H groups in total. The van der Waals surface area contributed by atoms with Crippen LogP contribution >= 0.6 is 0 Å². The Bertz CT molecular complexity index is 665. The maximum Gasteiger partial charge on any atom is 0.184 e. The molecule has 1 heterocycles. The molecule has 0 radical (unpaired) electrons. The SMILES string of the molecule is CO[C@@H]1[C@@H](OCc2ccccc2)[C@H](O)O[C@H](CO)[C@@H]1OCc1ccccc1. The fourth-order valence-corrected chi connectivity index (χ4v) is 3.22. The Morgan fingerprint density at radius 1 is 0.815 bits per heavy atom. The molecule has 0 saturated carbocycles. The molecule has 0 amide bonds. The lowest BCUT2D eigenvalue weighted by Crippen LogP contribution is -2.60. The molecular formula is C21H26O6. The standard InChI is InChI=1S/C21H26O6/c1-24-19-18(25-13-15-8-4-2-5-9-15)17(12-22)27-21(23)20(19)26-14-16-10-6-3-7-11-16/h2-11,17-23H,12-14H2,1H3/t17-,18+,19+,20-,21-/m1/s1. The van der Waals surface area contributed by atoms with Crippen LogP contribution in [0.1, 0.15) is 11.1 Å². The van der Waals surface area contributed by atoms with Crippen molar-refractivity contribution in [2.24, 2.45) is 0 Å². The van der Waals surface area contributed by atoms with Gasteiger partial charge in [-0.15, -0.1) is 0 Å². The van der Waals surface area contributed by atoms with Gasteiger partial charge in [0.2, 0.25) is 0 Å². The van der Waals surface area contributed by atoms with Crippen LogP contribution in [0.3, 0.4) is 0 Å². The summed E-state index contributed by atoms with van der Waals surface area (Å²) >= 11 is 0. The van der Waals surface area contributed by atoms with E-state index in [1.807, 2.05) is 60.7 Å². The fourth-order valence-electron chi connectivity index (χ4n) is 3.22. The Morgan fingerprint density at radius 2 is 1.33 bits per heavy atom. The number of hydrogen-bond donors (Lipinski definition) is 2. The molecule has 0 spiro atoms. The lowest BCUT2D eigenvalue weighted by atomic mass is 9.98. The van der Waals surface area contributed by atoms with Crippen LogP contribution in [0.15, 0.2) is 60.7 Å². The van der Waals surface area contributed by atoms with E-state index >= 15 is 0 Å². The molecule has 146 valence electrons. The quantitative estimate of drug-likeness (QED) is 0.735. The Hall–Kier alpha value is -1.80. The highest BCUT2D eigenvalue weighted by molar-refractivity contribution is 5.14. The number of hydrogen-bond acceptors (Lipinski definition) is 6. The number of aliphatic hydroxyl groups excluding tert-OH is 2. The van der Waals surface area contributed by atoms with Crippen molar-refractivity contribution in [3.05, 3.63) is 71.8 Å². The van der Waals surface area contributed by atoms with Crippen molar-refractivity contribution in [3.63, 3.8) is 0 Å². The summed E-state index contributed by atoms with van der Waals surface area (Å²) in [4.78, 5) is 0. The molecule has 6 nitrogen and oxygen atoms in total. The third kappa shape index (κ3) is 5.13. The van der Waals surface area contributed by atoms with E-state index in [9.17, 15) is 10.2 Å². The first-order chi connectivity index (χ1) is 13.2. The molecule has 6 heteroatoms. The largest absolute Gasteiger partial charge is 0.394 e. The van der Waals surface area contributed by atoms with Gasteiger partial charge < -0.3 is 29.2 Å². The van der Waals surface area contributed by atoms with E-state index < -0.39 is 30.7 Å². The molecule has 1 saturated heterocycles. The van der Waals surface area contributed by atoms with E-state index in [0.717, 1.165) is 11.1 Å². The summed E-state index contributed by atoms with van der Waals surface area (Å²) < 4.78 is 23.0. The first kappa shape index (κ1) is 19.9. The van der Waals surface area contributed by atoms with Crippen molar-refractivity contribution in [3.8, 4) is 0 Å². The van der Waals surface area contributed by atoms with Gasteiger partial charge in [0.15, 0.2) is 6.29 Å². The lowest BCUT2D eigenvalue weighted by Gasteiger charge is -2.43. The highest BCUT2D eigenvalue weighted by Gasteiger charge is 2.47. The van der Waals surface area contributed by atoms with Crippen molar-refractivity contribution in [2.45, 2.75) is 43.9 Å². The number of methoxy groups -OCH3 is 1. The van der Waals surface area contributed by atoms with Crippen LogP contribution in [0.25, 0.3) is 0 Å². The summed E-state index contributed by atoms with van der Waals surface area (Å²) in [6.07, 6.45) is -3.82. The number of aliphatic hydroxyl groups is 2. The van der Waals surface area contributed by atoms with Crippen LogP contribution < -0.4 is 0 Å². The Morgan fingerprint density at radius 3 is 1.81 bits per heavy atom. The summed E-state index contributed by atoms with van der Waals surface area (Å²) in [6, 6.07) is 19.4. The molecule has 1 aliphatic heterocycles. The van der Waals surface area contributed by atoms with Gasteiger partial charge in [0, 0.05) is 7.11 Å². The normalized spacial score (nSPS) is 28.2. The zero-order valence-corrected chi connectivity index (χ0v) is 15.3. The first-order valence-corrected chi connectivity index (χ1v) is 9.01. The predicted octanol–water partition coefficient (Wildman–Crippen LogP) is 1.88. The molecule has 1 aliphatic rings. The van der Waals surface area contributed by atoms with Gasteiger partial charge in [0.1, 0.15) is 24.4 Å². The van der Waals surface area contributed by atoms with Crippen molar-refractivity contribution in [1.82, 2.24) is 0 Å². The number of rotatable bonds is 8. The van der Waals surface area contributed by atoms with Crippen LogP contribution in [-0.4, -0.2) is 54.6 Å². The van der Waals surface area contributed by atoms with Gasteiger partial charge in [-0.05, 0) is 11.1 Å². The van der Waals surface area contributed by atoms with Crippen LogP contribution in [0.4, 0.5) is 0 Å². The minimum atomic E-state index is -1.22. The smallest absolute Gasteiger partial charge is 0.184 e. The van der Waals surface area contributed by atoms with Gasteiger partial charge in [-0.2, -0.15) is 0 Å². The first-order valence-electron chi connectivity index (χ1n) is 9.01. The second-order valence-electron chi connectivity index (χ2n) is 6.47. The average Bonchev–Trinajstić information content (AvgIpc) is 2.72. The second kappa shape index (κ2) is 9.94. The summed E-state index contributed by atoms with van der Waals surface area (Å²) in [7, 11) is 1.54. The monoisotopic (exact) mass is 374 g/mol. The summed E-state index contributed by atoms with van der Waals surface area (Å²) in [5.41, 5.74) is 1.97. The Labute approximate surface area is 159 Å². The van der Waals surface area contributed by atoms with Crippen molar-refractivity contribution in [2.75, 3.05) is 13.7 Å². The zero-order valence-electron chi connectivity index (χ0n) is 15.3. The Kier molecular flexibility index (Phi) is 7.34. The van der Waals surface area contributed by atoms with Crippen molar-refractivity contribution >= 4 is 0 Å². The van der Waals surface area contributed by atoms with Crippen LogP contribution in [0.5, 0.6) is 0 Å². The number of benzene rings is 2. The minimum Gasteiger partial charge on any atom is -0.394 e. The maximum absolute atomic E-state index is 10.4. The van der Waals surface area contributed by atoms with Crippen LogP contribution in [0, 0.1) is 0 Å². The highest BCUT2D eigenvalue weighted by Crippen LogP contribution is 2.28.